The molecule has 0 aromatic carbocycles. The van der Waals surface area contributed by atoms with Gasteiger partial charge in [0, 0.05) is 30.4 Å². The number of rotatable bonds is 5. The molecular formula is C22H27N7O3. The molecule has 2 aliphatic rings. The van der Waals surface area contributed by atoms with Gasteiger partial charge in [-0.05, 0) is 43.9 Å². The van der Waals surface area contributed by atoms with E-state index < -0.39 is 10.8 Å². The fraction of sp³-hybridized carbons (Fsp3) is 0.409. The summed E-state index contributed by atoms with van der Waals surface area (Å²) in [4.78, 5) is 29.0. The number of nitro groups is 1. The lowest BCUT2D eigenvalue weighted by Gasteiger charge is -2.40. The van der Waals surface area contributed by atoms with Crippen LogP contribution in [0, 0.1) is 10.1 Å². The second-order valence-electron chi connectivity index (χ2n) is 7.87. The normalized spacial score (nSPS) is 21.7. The average molecular weight is 438 g/mol. The summed E-state index contributed by atoms with van der Waals surface area (Å²) in [6, 6.07) is 7.78. The number of hydrogen-bond acceptors (Lipinski definition) is 7. The van der Waals surface area contributed by atoms with Crippen LogP contribution < -0.4 is 16.0 Å². The number of fused-ring (bicyclic) bond motifs is 3. The van der Waals surface area contributed by atoms with Gasteiger partial charge in [-0.25, -0.2) is 9.50 Å². The SMILES string of the molecule is CC.NC(=O)c1cnn2cccc2c1NC1CC2CCC(C1)N2c1ccc([N+](=O)[O-])cn1. The summed E-state index contributed by atoms with van der Waals surface area (Å²) < 4.78 is 1.72. The number of anilines is 2. The minimum Gasteiger partial charge on any atom is -0.380 e. The van der Waals surface area contributed by atoms with E-state index in [4.69, 9.17) is 5.73 Å². The van der Waals surface area contributed by atoms with E-state index in [1.807, 2.05) is 32.2 Å². The number of pyridine rings is 1. The van der Waals surface area contributed by atoms with Crippen molar-refractivity contribution in [3.8, 4) is 0 Å². The first-order chi connectivity index (χ1) is 15.5. The summed E-state index contributed by atoms with van der Waals surface area (Å²) in [5.74, 6) is 0.270. The van der Waals surface area contributed by atoms with Gasteiger partial charge in [-0.3, -0.25) is 14.9 Å². The lowest BCUT2D eigenvalue weighted by Crippen LogP contribution is -2.47. The maximum Gasteiger partial charge on any atom is 0.287 e. The van der Waals surface area contributed by atoms with Gasteiger partial charge in [0.2, 0.25) is 0 Å². The molecule has 10 nitrogen and oxygen atoms in total. The molecule has 0 spiro atoms. The van der Waals surface area contributed by atoms with Crippen molar-refractivity contribution in [3.63, 3.8) is 0 Å². The van der Waals surface area contributed by atoms with Crippen molar-refractivity contribution in [3.05, 3.63) is 58.5 Å². The van der Waals surface area contributed by atoms with Gasteiger partial charge in [-0.1, -0.05) is 13.8 Å². The predicted octanol–water partition coefficient (Wildman–Crippen LogP) is 3.37. The van der Waals surface area contributed by atoms with E-state index in [2.05, 4.69) is 20.3 Å². The number of carbonyl (C=O) groups excluding carboxylic acids is 1. The first-order valence-electron chi connectivity index (χ1n) is 10.9. The van der Waals surface area contributed by atoms with Crippen LogP contribution in [0.25, 0.3) is 5.52 Å². The zero-order chi connectivity index (χ0) is 22.8. The van der Waals surface area contributed by atoms with Gasteiger partial charge in [-0.15, -0.1) is 0 Å². The highest BCUT2D eigenvalue weighted by atomic mass is 16.6. The fourth-order valence-electron chi connectivity index (χ4n) is 4.84. The van der Waals surface area contributed by atoms with Crippen LogP contribution in [-0.2, 0) is 0 Å². The summed E-state index contributed by atoms with van der Waals surface area (Å²) in [6.07, 6.45) is 8.49. The van der Waals surface area contributed by atoms with Crippen LogP contribution >= 0.6 is 0 Å². The molecular weight excluding hydrogens is 410 g/mol. The predicted molar refractivity (Wildman–Crippen MR) is 122 cm³/mol. The third kappa shape index (κ3) is 3.83. The summed E-state index contributed by atoms with van der Waals surface area (Å²) in [5, 5.41) is 18.7. The van der Waals surface area contributed by atoms with Crippen LogP contribution in [0.1, 0.15) is 49.9 Å². The Kier molecular flexibility index (Phi) is 5.93. The van der Waals surface area contributed by atoms with E-state index >= 15 is 0 Å². The van der Waals surface area contributed by atoms with E-state index in [1.54, 1.807) is 10.6 Å². The van der Waals surface area contributed by atoms with Crippen LogP contribution in [0.2, 0.25) is 0 Å². The molecule has 0 radical (unpaired) electrons. The summed E-state index contributed by atoms with van der Waals surface area (Å²) in [5.41, 5.74) is 7.50. The third-order valence-corrected chi connectivity index (χ3v) is 6.12. The van der Waals surface area contributed by atoms with Gasteiger partial charge in [-0.2, -0.15) is 5.10 Å². The topological polar surface area (TPSA) is 132 Å². The maximum absolute atomic E-state index is 12.0. The van der Waals surface area contributed by atoms with Gasteiger partial charge < -0.3 is 16.0 Å². The quantitative estimate of drug-likeness (QED) is 0.462. The first-order valence-corrected chi connectivity index (χ1v) is 10.9. The number of nitrogens with one attached hydrogen (secondary N) is 1. The summed E-state index contributed by atoms with van der Waals surface area (Å²) >= 11 is 0. The standard InChI is InChI=1S/C20H21N7O3.C2H6/c21-20(28)16-11-23-25-7-1-2-17(25)19(16)24-12-8-13-3-4-14(9-12)26(13)18-6-5-15(10-22-18)27(29)30;1-2/h1-2,5-7,10-14,24H,3-4,8-9H2,(H2,21,28);1-2H3. The molecule has 2 unspecified atom stereocenters. The van der Waals surface area contributed by atoms with Crippen LogP contribution in [0.5, 0.6) is 0 Å². The minimum absolute atomic E-state index is 0.00414. The molecule has 10 heteroatoms. The summed E-state index contributed by atoms with van der Waals surface area (Å²) in [6.45, 7) is 4.00. The highest BCUT2D eigenvalue weighted by Crippen LogP contribution is 2.40. The van der Waals surface area contributed by atoms with E-state index in [-0.39, 0.29) is 23.8 Å². The van der Waals surface area contributed by atoms with E-state index in [9.17, 15) is 14.9 Å². The Hall–Kier alpha value is -3.69. The fourth-order valence-corrected chi connectivity index (χ4v) is 4.84. The number of hydrogen-bond donors (Lipinski definition) is 2. The molecule has 2 fully saturated rings. The minimum atomic E-state index is -0.510. The van der Waals surface area contributed by atoms with Crippen LogP contribution in [-0.4, -0.2) is 43.6 Å². The molecule has 2 saturated heterocycles. The van der Waals surface area contributed by atoms with E-state index in [0.717, 1.165) is 37.0 Å². The van der Waals surface area contributed by atoms with Crippen molar-refractivity contribution in [2.45, 2.75) is 57.7 Å². The maximum atomic E-state index is 12.0. The van der Waals surface area contributed by atoms with Crippen molar-refractivity contribution >= 4 is 28.6 Å². The Morgan fingerprint density at radius 1 is 1.19 bits per heavy atom. The van der Waals surface area contributed by atoms with E-state index in [0.29, 0.717) is 11.3 Å². The number of carbonyl (C=O) groups is 1. The zero-order valence-electron chi connectivity index (χ0n) is 18.1. The van der Waals surface area contributed by atoms with Crippen molar-refractivity contribution in [1.29, 1.82) is 0 Å². The molecule has 3 aromatic heterocycles. The smallest absolute Gasteiger partial charge is 0.287 e. The molecule has 2 atom stereocenters. The number of amides is 1. The molecule has 3 aromatic rings. The third-order valence-electron chi connectivity index (χ3n) is 6.12. The Morgan fingerprint density at radius 3 is 2.50 bits per heavy atom. The molecule has 3 N–H and O–H groups in total. The lowest BCUT2D eigenvalue weighted by molar-refractivity contribution is -0.385. The van der Waals surface area contributed by atoms with E-state index in [1.165, 1.54) is 18.5 Å². The van der Waals surface area contributed by atoms with Gasteiger partial charge in [0.25, 0.3) is 11.6 Å². The number of nitrogens with zero attached hydrogens (tertiary/aromatic N) is 5. The molecule has 2 aliphatic heterocycles. The van der Waals surface area contributed by atoms with Gasteiger partial charge in [0.15, 0.2) is 0 Å². The van der Waals surface area contributed by atoms with Gasteiger partial charge in [0.1, 0.15) is 12.0 Å². The highest BCUT2D eigenvalue weighted by molar-refractivity contribution is 6.01. The molecule has 32 heavy (non-hydrogen) atoms. The number of piperidine rings is 1. The molecule has 168 valence electrons. The monoisotopic (exact) mass is 437 g/mol. The van der Waals surface area contributed by atoms with Gasteiger partial charge in [0.05, 0.1) is 27.9 Å². The Morgan fingerprint density at radius 2 is 1.91 bits per heavy atom. The average Bonchev–Trinajstić information content (AvgIpc) is 3.38. The Labute approximate surface area is 185 Å². The van der Waals surface area contributed by atoms with Crippen LogP contribution in [0.3, 0.4) is 0 Å². The largest absolute Gasteiger partial charge is 0.380 e. The second-order valence-corrected chi connectivity index (χ2v) is 7.87. The highest BCUT2D eigenvalue weighted by Gasteiger charge is 2.41. The molecule has 0 aliphatic carbocycles. The van der Waals surface area contributed by atoms with Crippen LogP contribution in [0.4, 0.5) is 17.2 Å². The van der Waals surface area contributed by atoms with Crippen molar-refractivity contribution in [2.75, 3.05) is 10.2 Å². The molecule has 2 bridgehead atoms. The number of nitrogens with two attached hydrogens (primary N) is 1. The van der Waals surface area contributed by atoms with Gasteiger partial charge >= 0.3 is 0 Å². The molecule has 1 amide bonds. The number of aromatic nitrogens is 3. The molecule has 0 saturated carbocycles. The molecule has 5 rings (SSSR count). The Bertz CT molecular complexity index is 1110. The second kappa shape index (κ2) is 8.81. The first kappa shape index (κ1) is 21.5. The summed E-state index contributed by atoms with van der Waals surface area (Å²) in [7, 11) is 0. The van der Waals surface area contributed by atoms with Crippen molar-refractivity contribution < 1.29 is 9.72 Å². The zero-order valence-corrected chi connectivity index (χ0v) is 18.1. The van der Waals surface area contributed by atoms with Crippen molar-refractivity contribution in [1.82, 2.24) is 14.6 Å². The molecule has 5 heterocycles. The Balaban J connectivity index is 0.00000119. The van der Waals surface area contributed by atoms with Crippen LogP contribution in [0.15, 0.2) is 42.9 Å². The number of primary amides is 1. The lowest BCUT2D eigenvalue weighted by atomic mass is 9.96. The van der Waals surface area contributed by atoms with Crippen molar-refractivity contribution in [2.24, 2.45) is 5.73 Å².